The van der Waals surface area contributed by atoms with Crippen molar-refractivity contribution < 1.29 is 28.7 Å². The fourth-order valence-electron chi connectivity index (χ4n) is 9.42. The third-order valence-corrected chi connectivity index (χ3v) is 13.0. The van der Waals surface area contributed by atoms with Crippen molar-refractivity contribution in [2.75, 3.05) is 51.8 Å². The molecule has 9 rings (SSSR count). The first kappa shape index (κ1) is 42.5. The number of anilines is 1. The summed E-state index contributed by atoms with van der Waals surface area (Å²) in [6.07, 6.45) is 6.05. The molecule has 4 aliphatic rings. The molecule has 8 heterocycles. The lowest BCUT2D eigenvalue weighted by Gasteiger charge is -2.54. The Morgan fingerprint density at radius 1 is 1.05 bits per heavy atom. The van der Waals surface area contributed by atoms with E-state index in [4.69, 9.17) is 26.1 Å². The minimum absolute atomic E-state index is 0.0535. The van der Waals surface area contributed by atoms with Gasteiger partial charge in [-0.15, -0.1) is 0 Å². The zero-order valence-corrected chi connectivity index (χ0v) is 36.6. The third-order valence-electron chi connectivity index (χ3n) is 12.8. The number of carbonyl (C=O) groups excluding carboxylic acids is 4. The van der Waals surface area contributed by atoms with Gasteiger partial charge in [-0.3, -0.25) is 48.2 Å². The fourth-order valence-corrected chi connectivity index (χ4v) is 9.67. The van der Waals surface area contributed by atoms with E-state index < -0.39 is 17.9 Å². The molecule has 1 N–H and O–H groups in total. The van der Waals surface area contributed by atoms with Gasteiger partial charge in [0.15, 0.2) is 5.69 Å². The number of imidazole rings is 2. The SMILES string of the molecule is COc1ncc(-c2nc3c(n2CCCC(=O)N2CC4(CCN(CC#Cc5cccc6c5n(C)c(=O)n6C5CCC(=O)NC5=O)CC4)C2)CN(c2cc(Cl)cn(C)c2=O)C3=O)c(OC)n1. The molecule has 1 aromatic carbocycles. The molecule has 4 aliphatic heterocycles. The Bertz CT molecular complexity index is 2940. The topological polar surface area (TPSA) is 201 Å². The van der Waals surface area contributed by atoms with E-state index >= 15 is 0 Å². The summed E-state index contributed by atoms with van der Waals surface area (Å²) in [5.41, 5.74) is 2.62. The second-order valence-corrected chi connectivity index (χ2v) is 17.2. The number of benzene rings is 1. The maximum Gasteiger partial charge on any atom is 0.329 e. The van der Waals surface area contributed by atoms with Gasteiger partial charge in [0.25, 0.3) is 11.5 Å². The van der Waals surface area contributed by atoms with Crippen LogP contribution in [0, 0.1) is 17.3 Å². The van der Waals surface area contributed by atoms with E-state index in [1.807, 2.05) is 21.6 Å². The number of methoxy groups -OCH3 is 2. The number of amides is 4. The minimum Gasteiger partial charge on any atom is -0.480 e. The van der Waals surface area contributed by atoms with E-state index in [1.54, 1.807) is 20.2 Å². The predicted molar refractivity (Wildman–Crippen MR) is 233 cm³/mol. The van der Waals surface area contributed by atoms with Gasteiger partial charge in [-0.25, -0.2) is 14.8 Å². The number of likely N-dealkylation sites (tertiary alicyclic amines) is 2. The predicted octanol–water partition coefficient (Wildman–Crippen LogP) is 2.26. The van der Waals surface area contributed by atoms with Crippen LogP contribution in [0.3, 0.4) is 0 Å². The van der Waals surface area contributed by atoms with Crippen LogP contribution in [0.5, 0.6) is 11.9 Å². The summed E-state index contributed by atoms with van der Waals surface area (Å²) in [5, 5.41) is 2.65. The molecule has 0 aliphatic carbocycles. The fraction of sp³-hybridized carbons (Fsp3) is 0.432. The summed E-state index contributed by atoms with van der Waals surface area (Å²) in [5.74, 6) is 5.94. The second kappa shape index (κ2) is 16.7. The van der Waals surface area contributed by atoms with Gasteiger partial charge >= 0.3 is 11.7 Å². The number of para-hydroxylation sites is 1. The number of nitrogens with zero attached hydrogens (tertiary/aromatic N) is 10. The summed E-state index contributed by atoms with van der Waals surface area (Å²) >= 11 is 6.28. The summed E-state index contributed by atoms with van der Waals surface area (Å²) in [6, 6.07) is 6.29. The molecule has 1 unspecified atom stereocenters. The molecule has 1 spiro atoms. The Morgan fingerprint density at radius 3 is 2.56 bits per heavy atom. The number of aromatic nitrogens is 7. The van der Waals surface area contributed by atoms with Crippen molar-refractivity contribution in [3.05, 3.63) is 79.5 Å². The highest BCUT2D eigenvalue weighted by atomic mass is 35.5. The molecule has 4 amide bonds. The average molecular weight is 892 g/mol. The summed E-state index contributed by atoms with van der Waals surface area (Å²) < 4.78 is 16.9. The molecule has 64 heavy (non-hydrogen) atoms. The standard InChI is InChI=1S/C44H46ClN11O8/c1-50-22-27(45)20-31(40(50)60)55-23-32-35(41(55)61)48-37(28-21-46-42(64-4)49-39(28)63-3)54(32)17-7-11-34(58)53-24-44(25-53)14-18-52(19-15-44)16-6-9-26-8-5-10-29-36(26)51(2)43(62)56(29)30-12-13-33(57)47-38(30)59/h5,8,10,20-22,30H,7,11-19,23-25H2,1-4H3,(H,47,57,59). The van der Waals surface area contributed by atoms with Gasteiger partial charge in [-0.05, 0) is 57.0 Å². The van der Waals surface area contributed by atoms with Gasteiger partial charge in [0.05, 0.1) is 60.2 Å². The quantitative estimate of drug-likeness (QED) is 0.159. The van der Waals surface area contributed by atoms with Crippen molar-refractivity contribution in [1.82, 2.24) is 48.3 Å². The number of fused-ring (bicyclic) bond motifs is 2. The molecular weight excluding hydrogens is 846 g/mol. The number of nitrogens with one attached hydrogen (secondary N) is 1. The molecule has 1 atom stereocenters. The molecule has 3 saturated heterocycles. The van der Waals surface area contributed by atoms with E-state index in [0.717, 1.165) is 25.9 Å². The van der Waals surface area contributed by atoms with Crippen LogP contribution in [0.15, 0.2) is 46.2 Å². The van der Waals surface area contributed by atoms with Crippen LogP contribution in [0.1, 0.15) is 66.3 Å². The molecule has 332 valence electrons. The van der Waals surface area contributed by atoms with Gasteiger partial charge in [0, 0.05) is 64.4 Å². The molecule has 4 aromatic heterocycles. The van der Waals surface area contributed by atoms with Gasteiger partial charge in [0.2, 0.25) is 23.6 Å². The monoisotopic (exact) mass is 891 g/mol. The highest BCUT2D eigenvalue weighted by molar-refractivity contribution is 6.30. The maximum atomic E-state index is 13.8. The van der Waals surface area contributed by atoms with Crippen molar-refractivity contribution in [1.29, 1.82) is 0 Å². The van der Waals surface area contributed by atoms with Crippen LogP contribution >= 0.6 is 11.6 Å². The Balaban J connectivity index is 0.825. The number of hydrogen-bond acceptors (Lipinski definition) is 12. The van der Waals surface area contributed by atoms with Gasteiger partial charge < -0.3 is 23.5 Å². The number of piperidine rings is 2. The molecular formula is C44H46ClN11O8. The summed E-state index contributed by atoms with van der Waals surface area (Å²) in [6.45, 7) is 4.03. The number of hydrogen-bond donors (Lipinski definition) is 1. The lowest BCUT2D eigenvalue weighted by molar-refractivity contribution is -0.146. The van der Waals surface area contributed by atoms with Crippen molar-refractivity contribution in [3.8, 4) is 35.1 Å². The molecule has 0 bridgehead atoms. The number of aryl methyl sites for hydroxylation is 2. The highest BCUT2D eigenvalue weighted by Gasteiger charge is 2.46. The Labute approximate surface area is 371 Å². The first-order chi connectivity index (χ1) is 30.8. The van der Waals surface area contributed by atoms with Gasteiger partial charge in [-0.2, -0.15) is 4.98 Å². The molecule has 5 aromatic rings. The lowest BCUT2D eigenvalue weighted by atomic mass is 9.72. The third kappa shape index (κ3) is 7.49. The molecule has 0 saturated carbocycles. The first-order valence-corrected chi connectivity index (χ1v) is 21.4. The smallest absolute Gasteiger partial charge is 0.329 e. The van der Waals surface area contributed by atoms with Crippen LogP contribution in [0.4, 0.5) is 5.69 Å². The van der Waals surface area contributed by atoms with Crippen molar-refractivity contribution >= 4 is 52.0 Å². The van der Waals surface area contributed by atoms with Crippen LogP contribution in [0.25, 0.3) is 22.4 Å². The molecule has 19 nitrogen and oxygen atoms in total. The molecule has 20 heteroatoms. The summed E-state index contributed by atoms with van der Waals surface area (Å²) in [4.78, 5) is 97.1. The number of pyridine rings is 1. The van der Waals surface area contributed by atoms with E-state index in [1.165, 1.54) is 51.3 Å². The molecule has 0 radical (unpaired) electrons. The van der Waals surface area contributed by atoms with Gasteiger partial charge in [-0.1, -0.05) is 29.5 Å². The first-order valence-electron chi connectivity index (χ1n) is 21.0. The number of ether oxygens (including phenoxy) is 2. The van der Waals surface area contributed by atoms with E-state index in [9.17, 15) is 28.8 Å². The van der Waals surface area contributed by atoms with E-state index in [2.05, 4.69) is 32.0 Å². The maximum absolute atomic E-state index is 13.8. The van der Waals surface area contributed by atoms with Gasteiger partial charge in [0.1, 0.15) is 17.6 Å². The van der Waals surface area contributed by atoms with Crippen LogP contribution in [-0.4, -0.2) is 114 Å². The number of imide groups is 1. The van der Waals surface area contributed by atoms with Crippen LogP contribution in [0.2, 0.25) is 5.02 Å². The van der Waals surface area contributed by atoms with E-state index in [-0.39, 0.29) is 77.6 Å². The Hall–Kier alpha value is -6.78. The van der Waals surface area contributed by atoms with Crippen LogP contribution < -0.4 is 30.9 Å². The Morgan fingerprint density at radius 2 is 1.83 bits per heavy atom. The largest absolute Gasteiger partial charge is 0.480 e. The lowest BCUT2D eigenvalue weighted by Crippen LogP contribution is -2.61. The average Bonchev–Trinajstić information content (AvgIpc) is 3.88. The Kier molecular flexibility index (Phi) is 11.1. The van der Waals surface area contributed by atoms with Crippen molar-refractivity contribution in [2.45, 2.75) is 57.7 Å². The number of carbonyl (C=O) groups is 4. The van der Waals surface area contributed by atoms with Crippen LogP contribution in [-0.2, 0) is 41.6 Å². The van der Waals surface area contributed by atoms with E-state index in [0.29, 0.717) is 71.3 Å². The zero-order valence-electron chi connectivity index (χ0n) is 35.8. The highest BCUT2D eigenvalue weighted by Crippen LogP contribution is 2.41. The van der Waals surface area contributed by atoms with Crippen molar-refractivity contribution in [3.63, 3.8) is 0 Å². The second-order valence-electron chi connectivity index (χ2n) is 16.8. The zero-order chi connectivity index (χ0) is 45.0. The molecule has 3 fully saturated rings. The minimum atomic E-state index is -0.764. The van der Waals surface area contributed by atoms with Crippen molar-refractivity contribution in [2.24, 2.45) is 19.5 Å². The number of rotatable bonds is 10. The summed E-state index contributed by atoms with van der Waals surface area (Å²) in [7, 11) is 6.14. The number of halogens is 1. The normalized spacial score (nSPS) is 18.2.